The van der Waals surface area contributed by atoms with Gasteiger partial charge in [-0.05, 0) is 43.1 Å². The fourth-order valence-corrected chi connectivity index (χ4v) is 4.81. The smallest absolute Gasteiger partial charge is 0.307 e. The van der Waals surface area contributed by atoms with Gasteiger partial charge in [-0.1, -0.05) is 31.2 Å². The van der Waals surface area contributed by atoms with Crippen LogP contribution in [0.15, 0.2) is 29.3 Å². The average molecular weight is 450 g/mol. The number of likely N-dealkylation sites (N-methyl/N-ethyl adjacent to an activating group) is 1. The second kappa shape index (κ2) is 11.0. The number of carboxylic acid groups (broad SMARTS) is 1. The zero-order valence-corrected chi connectivity index (χ0v) is 19.3. The summed E-state index contributed by atoms with van der Waals surface area (Å²) in [5, 5.41) is 29.3. The van der Waals surface area contributed by atoms with Crippen LogP contribution in [0.5, 0.6) is 0 Å². The number of aliphatic carboxylic acids is 1. The molecule has 8 heteroatoms. The van der Waals surface area contributed by atoms with Crippen LogP contribution < -0.4 is 4.90 Å². The lowest BCUT2D eigenvalue weighted by atomic mass is 10.0. The number of nitrogens with zero attached hydrogens (tertiary/aromatic N) is 5. The standard InChI is InChI=1S/C24H27N5O2S/c1-3-19-20(14-25)23(29-10-4-9-28(2)11-12-29)27-24(21(19)15-26)32-16-18-7-5-17(6-8-18)13-22(30)31/h5-8H,3-4,9-13,16H2,1-2H3,(H,30,31). The van der Waals surface area contributed by atoms with E-state index in [0.29, 0.717) is 34.1 Å². The molecule has 0 saturated carbocycles. The number of carboxylic acids is 1. The highest BCUT2D eigenvalue weighted by atomic mass is 32.2. The molecule has 3 rings (SSSR count). The van der Waals surface area contributed by atoms with E-state index in [2.05, 4.69) is 29.0 Å². The van der Waals surface area contributed by atoms with Crippen LogP contribution in [0, 0.1) is 22.7 Å². The van der Waals surface area contributed by atoms with Crippen LogP contribution >= 0.6 is 11.8 Å². The topological polar surface area (TPSA) is 104 Å². The van der Waals surface area contributed by atoms with Gasteiger partial charge in [-0.15, -0.1) is 11.8 Å². The number of pyridine rings is 1. The molecule has 166 valence electrons. The lowest BCUT2D eigenvalue weighted by Crippen LogP contribution is -2.30. The summed E-state index contributed by atoms with van der Waals surface area (Å²) in [6.45, 7) is 5.50. The molecule has 1 N–H and O–H groups in total. The van der Waals surface area contributed by atoms with E-state index in [-0.39, 0.29) is 6.42 Å². The number of benzene rings is 1. The zero-order valence-electron chi connectivity index (χ0n) is 18.5. The molecule has 32 heavy (non-hydrogen) atoms. The lowest BCUT2D eigenvalue weighted by molar-refractivity contribution is -0.136. The summed E-state index contributed by atoms with van der Waals surface area (Å²) in [5.41, 5.74) is 3.53. The molecule has 1 aliphatic rings. The average Bonchev–Trinajstić information content (AvgIpc) is 3.01. The van der Waals surface area contributed by atoms with Crippen molar-refractivity contribution < 1.29 is 9.90 Å². The van der Waals surface area contributed by atoms with Crippen molar-refractivity contribution in [3.8, 4) is 12.1 Å². The van der Waals surface area contributed by atoms with Gasteiger partial charge in [-0.3, -0.25) is 4.79 Å². The molecule has 1 saturated heterocycles. The predicted molar refractivity (Wildman–Crippen MR) is 125 cm³/mol. The highest BCUT2D eigenvalue weighted by molar-refractivity contribution is 7.98. The molecule has 2 heterocycles. The summed E-state index contributed by atoms with van der Waals surface area (Å²) in [4.78, 5) is 20.2. The molecule has 1 fully saturated rings. The Morgan fingerprint density at radius 2 is 1.78 bits per heavy atom. The molecule has 0 bridgehead atoms. The normalized spacial score (nSPS) is 14.4. The SMILES string of the molecule is CCc1c(C#N)c(SCc2ccc(CC(=O)O)cc2)nc(N2CCCN(C)CC2)c1C#N. The van der Waals surface area contributed by atoms with Crippen molar-refractivity contribution in [1.82, 2.24) is 9.88 Å². The van der Waals surface area contributed by atoms with E-state index in [9.17, 15) is 15.3 Å². The quantitative estimate of drug-likeness (QED) is 0.641. The molecule has 1 aromatic heterocycles. The third-order valence-corrected chi connectivity index (χ3v) is 6.65. The Bertz CT molecular complexity index is 1060. The molecule has 2 aromatic rings. The van der Waals surface area contributed by atoms with Crippen molar-refractivity contribution >= 4 is 23.5 Å². The van der Waals surface area contributed by atoms with Crippen molar-refractivity contribution in [2.75, 3.05) is 38.1 Å². The Morgan fingerprint density at radius 1 is 1.09 bits per heavy atom. The first-order valence-corrected chi connectivity index (χ1v) is 11.7. The van der Waals surface area contributed by atoms with Crippen molar-refractivity contribution in [1.29, 1.82) is 10.5 Å². The Balaban J connectivity index is 1.91. The van der Waals surface area contributed by atoms with Gasteiger partial charge in [-0.25, -0.2) is 4.98 Å². The van der Waals surface area contributed by atoms with Gasteiger partial charge in [0.25, 0.3) is 0 Å². The molecule has 0 aliphatic carbocycles. The van der Waals surface area contributed by atoms with Crippen molar-refractivity contribution in [3.05, 3.63) is 52.1 Å². The van der Waals surface area contributed by atoms with Crippen LogP contribution in [0.25, 0.3) is 0 Å². The van der Waals surface area contributed by atoms with Gasteiger partial charge in [0.05, 0.1) is 17.5 Å². The molecule has 0 atom stereocenters. The number of carbonyl (C=O) groups is 1. The minimum absolute atomic E-state index is 0.00256. The molecular weight excluding hydrogens is 422 g/mol. The third kappa shape index (κ3) is 5.59. The maximum Gasteiger partial charge on any atom is 0.307 e. The Morgan fingerprint density at radius 3 is 2.41 bits per heavy atom. The Labute approximate surface area is 193 Å². The zero-order chi connectivity index (χ0) is 23.1. The number of anilines is 1. The number of thioether (sulfide) groups is 1. The summed E-state index contributed by atoms with van der Waals surface area (Å²) in [7, 11) is 2.10. The maximum atomic E-state index is 10.9. The summed E-state index contributed by atoms with van der Waals surface area (Å²) < 4.78 is 0. The molecule has 0 amide bonds. The van der Waals surface area contributed by atoms with E-state index in [0.717, 1.165) is 49.3 Å². The van der Waals surface area contributed by atoms with Crippen molar-refractivity contribution in [2.24, 2.45) is 0 Å². The first-order chi connectivity index (χ1) is 15.5. The van der Waals surface area contributed by atoms with Crippen LogP contribution in [0.3, 0.4) is 0 Å². The predicted octanol–water partition coefficient (Wildman–Crippen LogP) is 3.45. The maximum absolute atomic E-state index is 10.9. The number of aromatic nitrogens is 1. The monoisotopic (exact) mass is 449 g/mol. The third-order valence-electron chi connectivity index (χ3n) is 5.60. The second-order valence-electron chi connectivity index (χ2n) is 7.87. The van der Waals surface area contributed by atoms with Crippen LogP contribution in [0.1, 0.15) is 41.2 Å². The number of rotatable bonds is 7. The van der Waals surface area contributed by atoms with E-state index >= 15 is 0 Å². The first-order valence-electron chi connectivity index (χ1n) is 10.7. The van der Waals surface area contributed by atoms with Crippen LogP contribution in [-0.2, 0) is 23.4 Å². The summed E-state index contributed by atoms with van der Waals surface area (Å²) in [5.74, 6) is 0.427. The van der Waals surface area contributed by atoms with E-state index < -0.39 is 5.97 Å². The van der Waals surface area contributed by atoms with E-state index in [4.69, 9.17) is 10.1 Å². The largest absolute Gasteiger partial charge is 0.481 e. The summed E-state index contributed by atoms with van der Waals surface area (Å²) in [6.07, 6.45) is 1.58. The van der Waals surface area contributed by atoms with Crippen LogP contribution in [0.4, 0.5) is 5.82 Å². The van der Waals surface area contributed by atoms with Gasteiger partial charge in [-0.2, -0.15) is 10.5 Å². The second-order valence-corrected chi connectivity index (χ2v) is 8.83. The number of hydrogen-bond acceptors (Lipinski definition) is 7. The van der Waals surface area contributed by atoms with Crippen LogP contribution in [0.2, 0.25) is 0 Å². The van der Waals surface area contributed by atoms with E-state index in [1.165, 1.54) is 11.8 Å². The van der Waals surface area contributed by atoms with Crippen molar-refractivity contribution in [3.63, 3.8) is 0 Å². The number of nitriles is 2. The Kier molecular flexibility index (Phi) is 8.10. The van der Waals surface area contributed by atoms with Crippen LogP contribution in [-0.4, -0.2) is 54.2 Å². The molecule has 1 aliphatic heterocycles. The lowest BCUT2D eigenvalue weighted by Gasteiger charge is -2.25. The molecule has 7 nitrogen and oxygen atoms in total. The minimum atomic E-state index is -0.855. The first kappa shape index (κ1) is 23.6. The highest BCUT2D eigenvalue weighted by Crippen LogP contribution is 2.33. The van der Waals surface area contributed by atoms with E-state index in [1.54, 1.807) is 0 Å². The van der Waals surface area contributed by atoms with Gasteiger partial charge >= 0.3 is 5.97 Å². The van der Waals surface area contributed by atoms with Gasteiger partial charge < -0.3 is 14.9 Å². The molecule has 0 radical (unpaired) electrons. The van der Waals surface area contributed by atoms with Crippen molar-refractivity contribution in [2.45, 2.75) is 37.0 Å². The van der Waals surface area contributed by atoms with E-state index in [1.807, 2.05) is 31.2 Å². The molecular formula is C24H27N5O2S. The van der Waals surface area contributed by atoms with Gasteiger partial charge in [0.15, 0.2) is 0 Å². The highest BCUT2D eigenvalue weighted by Gasteiger charge is 2.24. The molecule has 0 unspecified atom stereocenters. The van der Waals surface area contributed by atoms with Gasteiger partial charge in [0.1, 0.15) is 23.0 Å². The molecule has 1 aromatic carbocycles. The summed E-state index contributed by atoms with van der Waals surface area (Å²) >= 11 is 1.48. The van der Waals surface area contributed by atoms with Gasteiger partial charge in [0.2, 0.25) is 0 Å². The minimum Gasteiger partial charge on any atom is -0.481 e. The van der Waals surface area contributed by atoms with Gasteiger partial charge in [0, 0.05) is 25.4 Å². The molecule has 0 spiro atoms. The Hall–Kier alpha value is -3.07. The summed E-state index contributed by atoms with van der Waals surface area (Å²) in [6, 6.07) is 12.1. The fourth-order valence-electron chi connectivity index (χ4n) is 3.85. The number of hydrogen-bond donors (Lipinski definition) is 1. The fraction of sp³-hybridized carbons (Fsp3) is 0.417.